The number of sulfonamides is 2. The highest BCUT2D eigenvalue weighted by Gasteiger charge is 2.46. The Morgan fingerprint density at radius 3 is 1.34 bits per heavy atom. The highest BCUT2D eigenvalue weighted by atomic mass is 32.2. The summed E-state index contributed by atoms with van der Waals surface area (Å²) in [6, 6.07) is 34.0. The molecule has 0 radical (unpaired) electrons. The van der Waals surface area contributed by atoms with Crippen molar-refractivity contribution in [2.75, 3.05) is 66.8 Å². The molecule has 4 saturated heterocycles. The number of phenolic OH excluding ortho intramolecular Hbond substituents is 1. The molecule has 0 aliphatic carbocycles. The van der Waals surface area contributed by atoms with E-state index in [0.717, 1.165) is 29.5 Å². The molecule has 0 aromatic heterocycles. The van der Waals surface area contributed by atoms with Crippen LogP contribution < -0.4 is 24.8 Å². The Kier molecular flexibility index (Phi) is 23.7. The van der Waals surface area contributed by atoms with E-state index in [1.807, 2.05) is 82.3 Å². The molecule has 9 rings (SSSR count). The van der Waals surface area contributed by atoms with Gasteiger partial charge in [0, 0.05) is 26.2 Å². The molecule has 4 fully saturated rings. The first-order chi connectivity index (χ1) is 41.7. The molecule has 0 spiro atoms. The maximum absolute atomic E-state index is 13.8. The van der Waals surface area contributed by atoms with Crippen LogP contribution in [0.5, 0.6) is 23.0 Å². The molecule has 0 bridgehead atoms. The number of nitrogens with zero attached hydrogens (tertiary/aromatic N) is 2. The van der Waals surface area contributed by atoms with Crippen LogP contribution in [-0.2, 0) is 67.9 Å². The molecule has 4 heterocycles. The zero-order chi connectivity index (χ0) is 62.3. The second-order valence-corrected chi connectivity index (χ2v) is 26.7. The number of alkyl carbamates (subject to hydrolysis) is 2. The van der Waals surface area contributed by atoms with Crippen LogP contribution in [0.1, 0.15) is 57.2 Å². The molecule has 10 atom stereocenters. The summed E-state index contributed by atoms with van der Waals surface area (Å²) < 4.78 is 107. The third-order valence-corrected chi connectivity index (χ3v) is 19.0. The zero-order valence-corrected chi connectivity index (χ0v) is 51.6. The van der Waals surface area contributed by atoms with E-state index >= 15 is 0 Å². The van der Waals surface area contributed by atoms with Crippen molar-refractivity contribution in [3.05, 3.63) is 144 Å². The van der Waals surface area contributed by atoms with Crippen LogP contribution in [-0.4, -0.2) is 169 Å². The molecule has 5 aromatic rings. The fourth-order valence-electron chi connectivity index (χ4n) is 10.7. The summed E-state index contributed by atoms with van der Waals surface area (Å²) in [5.74, 6) is 1.64. The summed E-state index contributed by atoms with van der Waals surface area (Å²) in [7, 11) is -4.96. The van der Waals surface area contributed by atoms with Crippen molar-refractivity contribution in [1.29, 1.82) is 0 Å². The lowest BCUT2D eigenvalue weighted by Gasteiger charge is -2.31. The van der Waals surface area contributed by atoms with Gasteiger partial charge in [-0.3, -0.25) is 0 Å². The van der Waals surface area contributed by atoms with Crippen molar-refractivity contribution in [3.8, 4) is 23.0 Å². The lowest BCUT2D eigenvalue weighted by atomic mass is 10.0. The topological polar surface area (TPSA) is 277 Å². The van der Waals surface area contributed by atoms with Crippen LogP contribution in [0, 0.1) is 23.7 Å². The average molecular weight is 1250 g/mol. The minimum absolute atomic E-state index is 0.0287. The van der Waals surface area contributed by atoms with Crippen molar-refractivity contribution in [3.63, 3.8) is 0 Å². The number of phenols is 1. The predicted octanol–water partition coefficient (Wildman–Crippen LogP) is 6.89. The fraction of sp³-hybridized carbons (Fsp3) is 0.492. The van der Waals surface area contributed by atoms with Gasteiger partial charge in [0.2, 0.25) is 20.0 Å². The molecular formula is C63H82N4O18S2. The minimum Gasteiger partial charge on any atom is -0.508 e. The molecule has 2 amide bonds. The van der Waals surface area contributed by atoms with Gasteiger partial charge in [-0.2, -0.15) is 8.61 Å². The minimum atomic E-state index is -3.99. The number of aromatic hydroxyl groups is 1. The zero-order valence-electron chi connectivity index (χ0n) is 49.9. The predicted molar refractivity (Wildman–Crippen MR) is 320 cm³/mol. The quantitative estimate of drug-likeness (QED) is 0.0358. The average Bonchev–Trinajstić information content (AvgIpc) is 2.68. The van der Waals surface area contributed by atoms with Gasteiger partial charge in [0.15, 0.2) is 12.6 Å². The summed E-state index contributed by atoms with van der Waals surface area (Å²) in [6.07, 6.45) is -3.91. The van der Waals surface area contributed by atoms with Gasteiger partial charge in [-0.05, 0) is 127 Å². The standard InChI is InChI=1S/C35H44N2O9S.C28H38N2O9S/c1-24(2)20-37(47(40,41)29-15-13-27(42-3)14-16-29)21-32(38)31(36-35(39)46-33-23-45-34-30(33)17-18-43-34)19-25-9-11-28(12-10-25)44-22-26-7-5-4-6-8-26;1-18(2)15-30(40(34,35)22-10-8-21(36-3)9-11-22)16-25(32)24(14-19-4-6-20(31)7-5-19)29-28(33)39-26-17-38-27-23(26)12-13-37-27/h4-16,24,30-34,38H,17-23H2,1-3H3,(H,36,39);4-11,18,23-27,31-32H,12-17H2,1-3H3,(H,29,33)/t30-,31-,32+,33?,34+;23-,24-,25+,26?,27+/m00/s1. The smallest absolute Gasteiger partial charge is 0.407 e. The largest absolute Gasteiger partial charge is 0.508 e. The van der Waals surface area contributed by atoms with E-state index in [-0.39, 0.29) is 104 Å². The first-order valence-electron chi connectivity index (χ1n) is 29.3. The molecule has 5 aromatic carbocycles. The Labute approximate surface area is 510 Å². The van der Waals surface area contributed by atoms with Crippen molar-refractivity contribution in [1.82, 2.24) is 19.2 Å². The van der Waals surface area contributed by atoms with Crippen molar-refractivity contribution in [2.45, 2.75) is 119 Å². The molecule has 87 heavy (non-hydrogen) atoms. The van der Waals surface area contributed by atoms with Gasteiger partial charge in [0.05, 0.1) is 86.6 Å². The monoisotopic (exact) mass is 1250 g/mol. The number of carbonyl (C=O) groups excluding carboxylic acids is 2. The van der Waals surface area contributed by atoms with Gasteiger partial charge in [0.1, 0.15) is 41.8 Å². The van der Waals surface area contributed by atoms with Gasteiger partial charge >= 0.3 is 12.2 Å². The number of nitrogens with one attached hydrogen (secondary N) is 2. The highest BCUT2D eigenvalue weighted by Crippen LogP contribution is 2.35. The summed E-state index contributed by atoms with van der Waals surface area (Å²) in [4.78, 5) is 26.3. The Balaban J connectivity index is 0.000000229. The van der Waals surface area contributed by atoms with E-state index in [1.165, 1.54) is 59.2 Å². The molecular weight excluding hydrogens is 1160 g/mol. The van der Waals surface area contributed by atoms with Crippen molar-refractivity contribution >= 4 is 32.2 Å². The van der Waals surface area contributed by atoms with Crippen LogP contribution in [0.25, 0.3) is 0 Å². The SMILES string of the molecule is COc1ccc(S(=O)(=O)N(CC(C)C)C[C@@H](O)[C@H](Cc2ccc(O)cc2)NC(=O)OC2CO[C@H]3OCC[C@@H]23)cc1.COc1ccc(S(=O)(=O)N(CC(C)C)C[C@@H](O)[C@H](Cc2ccc(OCc3ccccc3)cc2)NC(=O)OC2CO[C@H]3OCC[C@@H]23)cc1. The van der Waals surface area contributed by atoms with E-state index < -0.39 is 68.7 Å². The number of carbonyl (C=O) groups is 2. The van der Waals surface area contributed by atoms with Crippen molar-refractivity contribution < 1.29 is 84.4 Å². The van der Waals surface area contributed by atoms with E-state index in [1.54, 1.807) is 36.4 Å². The third kappa shape index (κ3) is 18.5. The molecule has 4 aliphatic rings. The highest BCUT2D eigenvalue weighted by molar-refractivity contribution is 7.89. The molecule has 24 heteroatoms. The summed E-state index contributed by atoms with van der Waals surface area (Å²) in [5.41, 5.74) is 2.58. The molecule has 4 aliphatic heterocycles. The molecule has 22 nitrogen and oxygen atoms in total. The lowest BCUT2D eigenvalue weighted by Crippen LogP contribution is -2.51. The Bertz CT molecular complexity index is 3180. The van der Waals surface area contributed by atoms with E-state index in [4.69, 9.17) is 42.6 Å². The number of hydrogen-bond acceptors (Lipinski definition) is 18. The van der Waals surface area contributed by atoms with E-state index in [2.05, 4.69) is 10.6 Å². The van der Waals surface area contributed by atoms with Gasteiger partial charge in [-0.15, -0.1) is 0 Å². The van der Waals surface area contributed by atoms with Crippen LogP contribution in [0.3, 0.4) is 0 Å². The lowest BCUT2D eigenvalue weighted by molar-refractivity contribution is -0.0909. The van der Waals surface area contributed by atoms with E-state index in [9.17, 15) is 41.7 Å². The maximum atomic E-state index is 13.8. The number of hydrogen-bond donors (Lipinski definition) is 5. The number of aliphatic hydroxyl groups excluding tert-OH is 2. The summed E-state index contributed by atoms with van der Waals surface area (Å²) in [6.45, 7) is 9.32. The first-order valence-corrected chi connectivity index (χ1v) is 32.2. The molecule has 0 saturated carbocycles. The van der Waals surface area contributed by atoms with Gasteiger partial charge < -0.3 is 68.6 Å². The van der Waals surface area contributed by atoms with Crippen LogP contribution in [0.4, 0.5) is 9.59 Å². The fourth-order valence-corrected chi connectivity index (χ4v) is 14.0. The Morgan fingerprint density at radius 2 is 0.943 bits per heavy atom. The molecule has 474 valence electrons. The van der Waals surface area contributed by atoms with Crippen LogP contribution >= 0.6 is 0 Å². The van der Waals surface area contributed by atoms with Gasteiger partial charge in [0.25, 0.3) is 0 Å². The number of fused-ring (bicyclic) bond motifs is 2. The molecule has 5 N–H and O–H groups in total. The summed E-state index contributed by atoms with van der Waals surface area (Å²) in [5, 5.41) is 38.2. The Morgan fingerprint density at radius 1 is 0.540 bits per heavy atom. The van der Waals surface area contributed by atoms with Gasteiger partial charge in [-0.25, -0.2) is 26.4 Å². The van der Waals surface area contributed by atoms with Gasteiger partial charge in [-0.1, -0.05) is 82.3 Å². The first kappa shape index (κ1) is 66.4. The number of rotatable bonds is 27. The van der Waals surface area contributed by atoms with E-state index in [0.29, 0.717) is 37.1 Å². The number of amides is 2. The number of aliphatic hydroxyl groups is 2. The second kappa shape index (κ2) is 31.0. The molecule has 2 unspecified atom stereocenters. The number of methoxy groups -OCH3 is 2. The Hall–Kier alpha value is -6.58. The second-order valence-electron chi connectivity index (χ2n) is 22.8. The van der Waals surface area contributed by atoms with Crippen LogP contribution in [0.2, 0.25) is 0 Å². The normalized spacial score (nSPS) is 21.3. The number of ether oxygens (including phenoxy) is 9. The van der Waals surface area contributed by atoms with Crippen molar-refractivity contribution in [2.24, 2.45) is 23.7 Å². The number of benzene rings is 5. The maximum Gasteiger partial charge on any atom is 0.407 e. The summed E-state index contributed by atoms with van der Waals surface area (Å²) >= 11 is 0. The van der Waals surface area contributed by atoms with Crippen LogP contribution in [0.15, 0.2) is 137 Å². The third-order valence-electron chi connectivity index (χ3n) is 15.4.